The molecule has 1 N–H and O–H groups in total. The van der Waals surface area contributed by atoms with E-state index >= 15 is 0 Å². The number of carboxylic acid groups (broad SMARTS) is 1. The number of carbonyl (C=O) groups is 1. The average molecular weight is 288 g/mol. The van der Waals surface area contributed by atoms with Gasteiger partial charge in [0.2, 0.25) is 0 Å². The first-order valence-electron chi connectivity index (χ1n) is 6.63. The summed E-state index contributed by atoms with van der Waals surface area (Å²) in [6, 6.07) is 4.25. The third-order valence-corrected chi connectivity index (χ3v) is 4.28. The van der Waals surface area contributed by atoms with E-state index < -0.39 is 5.97 Å². The summed E-state index contributed by atoms with van der Waals surface area (Å²) < 4.78 is 0. The Morgan fingerprint density at radius 1 is 1.50 bits per heavy atom. The van der Waals surface area contributed by atoms with Crippen molar-refractivity contribution < 1.29 is 9.90 Å². The Hall–Kier alpha value is -1.88. The highest BCUT2D eigenvalue weighted by molar-refractivity contribution is 7.07. The Labute approximate surface area is 121 Å². The number of aryl methyl sites for hydroxylation is 1. The van der Waals surface area contributed by atoms with Crippen molar-refractivity contribution in [1.29, 1.82) is 0 Å². The van der Waals surface area contributed by atoms with E-state index in [-0.39, 0.29) is 0 Å². The standard InChI is InChI=1S/C15H16N2O2S/c1-10-4-6-16-14(13(10)15(18)19)17(12-2-3-12)8-11-5-7-20-9-11/h4-7,9,12H,2-3,8H2,1H3,(H,18,19). The minimum atomic E-state index is -0.901. The molecule has 0 radical (unpaired) electrons. The SMILES string of the molecule is Cc1ccnc(N(Cc2ccsc2)C2CC2)c1C(=O)O. The van der Waals surface area contributed by atoms with Gasteiger partial charge in [-0.25, -0.2) is 9.78 Å². The normalized spacial score (nSPS) is 14.2. The average Bonchev–Trinajstić information content (AvgIpc) is 3.12. The van der Waals surface area contributed by atoms with Crippen molar-refractivity contribution in [2.75, 3.05) is 4.90 Å². The molecule has 1 fully saturated rings. The van der Waals surface area contributed by atoms with Crippen LogP contribution in [0.15, 0.2) is 29.1 Å². The summed E-state index contributed by atoms with van der Waals surface area (Å²) in [5.74, 6) is -0.298. The Bertz CT molecular complexity index is 621. The second kappa shape index (κ2) is 5.25. The number of aromatic carboxylic acids is 1. The van der Waals surface area contributed by atoms with E-state index in [4.69, 9.17) is 0 Å². The molecule has 0 spiro atoms. The molecule has 0 atom stereocenters. The van der Waals surface area contributed by atoms with Crippen LogP contribution in [0.5, 0.6) is 0 Å². The van der Waals surface area contributed by atoms with Crippen LogP contribution in [0, 0.1) is 6.92 Å². The highest BCUT2D eigenvalue weighted by Crippen LogP contribution is 2.34. The van der Waals surface area contributed by atoms with Crippen LogP contribution < -0.4 is 4.90 Å². The molecule has 104 valence electrons. The van der Waals surface area contributed by atoms with Crippen molar-refractivity contribution >= 4 is 23.1 Å². The number of anilines is 1. The Balaban J connectivity index is 1.99. The van der Waals surface area contributed by atoms with Gasteiger partial charge in [-0.2, -0.15) is 11.3 Å². The van der Waals surface area contributed by atoms with Crippen LogP contribution in [0.25, 0.3) is 0 Å². The van der Waals surface area contributed by atoms with E-state index in [0.717, 1.165) is 24.9 Å². The highest BCUT2D eigenvalue weighted by atomic mass is 32.1. The lowest BCUT2D eigenvalue weighted by Crippen LogP contribution is -2.28. The topological polar surface area (TPSA) is 53.4 Å². The summed E-state index contributed by atoms with van der Waals surface area (Å²) in [5, 5.41) is 13.6. The lowest BCUT2D eigenvalue weighted by molar-refractivity contribution is 0.0696. The molecular weight excluding hydrogens is 272 g/mol. The van der Waals surface area contributed by atoms with Gasteiger partial charge in [0, 0.05) is 18.8 Å². The smallest absolute Gasteiger partial charge is 0.339 e. The zero-order valence-electron chi connectivity index (χ0n) is 11.2. The van der Waals surface area contributed by atoms with Crippen molar-refractivity contribution in [1.82, 2.24) is 4.98 Å². The first kappa shape index (κ1) is 13.1. The zero-order valence-corrected chi connectivity index (χ0v) is 12.1. The van der Waals surface area contributed by atoms with Crippen molar-refractivity contribution in [3.05, 3.63) is 45.8 Å². The number of pyridine rings is 1. The molecule has 0 aliphatic heterocycles. The second-order valence-electron chi connectivity index (χ2n) is 5.12. The predicted octanol–water partition coefficient (Wildman–Crippen LogP) is 3.32. The second-order valence-corrected chi connectivity index (χ2v) is 5.90. The fourth-order valence-corrected chi connectivity index (χ4v) is 3.03. The van der Waals surface area contributed by atoms with Crippen molar-refractivity contribution in [3.63, 3.8) is 0 Å². The van der Waals surface area contributed by atoms with Crippen LogP contribution >= 0.6 is 11.3 Å². The van der Waals surface area contributed by atoms with E-state index in [1.807, 2.05) is 12.3 Å². The van der Waals surface area contributed by atoms with Crippen LogP contribution in [0.3, 0.4) is 0 Å². The summed E-state index contributed by atoms with van der Waals surface area (Å²) in [4.78, 5) is 18.0. The monoisotopic (exact) mass is 288 g/mol. The zero-order chi connectivity index (χ0) is 14.1. The van der Waals surface area contributed by atoms with Crippen LogP contribution in [-0.2, 0) is 6.54 Å². The molecule has 2 heterocycles. The summed E-state index contributed by atoms with van der Waals surface area (Å²) in [6.45, 7) is 2.55. The maximum atomic E-state index is 11.5. The van der Waals surface area contributed by atoms with Gasteiger partial charge in [-0.3, -0.25) is 0 Å². The van der Waals surface area contributed by atoms with Crippen molar-refractivity contribution in [3.8, 4) is 0 Å². The molecule has 0 aromatic carbocycles. The summed E-state index contributed by atoms with van der Waals surface area (Å²) in [6.07, 6.45) is 3.91. The van der Waals surface area contributed by atoms with Crippen LogP contribution in [0.4, 0.5) is 5.82 Å². The summed E-state index contributed by atoms with van der Waals surface area (Å²) in [5.41, 5.74) is 2.30. The molecule has 0 saturated heterocycles. The number of hydrogen-bond acceptors (Lipinski definition) is 4. The van der Waals surface area contributed by atoms with E-state index in [2.05, 4.69) is 21.3 Å². The van der Waals surface area contributed by atoms with Gasteiger partial charge in [-0.15, -0.1) is 0 Å². The van der Waals surface area contributed by atoms with Gasteiger partial charge in [0.25, 0.3) is 0 Å². The Morgan fingerprint density at radius 3 is 2.90 bits per heavy atom. The van der Waals surface area contributed by atoms with E-state index in [1.54, 1.807) is 23.6 Å². The number of hydrogen-bond donors (Lipinski definition) is 1. The third kappa shape index (κ3) is 2.54. The van der Waals surface area contributed by atoms with E-state index in [1.165, 1.54) is 5.56 Å². The van der Waals surface area contributed by atoms with E-state index in [9.17, 15) is 9.90 Å². The van der Waals surface area contributed by atoms with Crippen LogP contribution in [0.1, 0.15) is 34.3 Å². The number of carboxylic acids is 1. The van der Waals surface area contributed by atoms with Gasteiger partial charge in [0.05, 0.1) is 0 Å². The molecule has 3 rings (SSSR count). The first-order valence-corrected chi connectivity index (χ1v) is 7.57. The van der Waals surface area contributed by atoms with Crippen LogP contribution in [-0.4, -0.2) is 22.1 Å². The molecule has 4 nitrogen and oxygen atoms in total. The predicted molar refractivity (Wildman–Crippen MR) is 79.5 cm³/mol. The van der Waals surface area contributed by atoms with E-state index in [0.29, 0.717) is 17.4 Å². The lowest BCUT2D eigenvalue weighted by Gasteiger charge is -2.25. The van der Waals surface area contributed by atoms with Gasteiger partial charge < -0.3 is 10.0 Å². The molecular formula is C15H16N2O2S. The molecule has 2 aromatic rings. The largest absolute Gasteiger partial charge is 0.478 e. The minimum Gasteiger partial charge on any atom is -0.478 e. The summed E-state index contributed by atoms with van der Waals surface area (Å²) >= 11 is 1.66. The Morgan fingerprint density at radius 2 is 2.30 bits per heavy atom. The van der Waals surface area contributed by atoms with Gasteiger partial charge in [-0.05, 0) is 53.8 Å². The molecule has 1 aliphatic carbocycles. The molecule has 2 aromatic heterocycles. The van der Waals surface area contributed by atoms with Gasteiger partial charge >= 0.3 is 5.97 Å². The maximum absolute atomic E-state index is 11.5. The molecule has 0 unspecified atom stereocenters. The third-order valence-electron chi connectivity index (χ3n) is 3.55. The van der Waals surface area contributed by atoms with Crippen molar-refractivity contribution in [2.45, 2.75) is 32.4 Å². The van der Waals surface area contributed by atoms with Gasteiger partial charge in [-0.1, -0.05) is 0 Å². The molecule has 1 saturated carbocycles. The quantitative estimate of drug-likeness (QED) is 0.917. The molecule has 0 amide bonds. The molecule has 20 heavy (non-hydrogen) atoms. The number of thiophene rings is 1. The maximum Gasteiger partial charge on any atom is 0.339 e. The number of nitrogens with zero attached hydrogens (tertiary/aromatic N) is 2. The molecule has 5 heteroatoms. The molecule has 1 aliphatic rings. The minimum absolute atomic E-state index is 0.328. The van der Waals surface area contributed by atoms with Crippen molar-refractivity contribution in [2.24, 2.45) is 0 Å². The lowest BCUT2D eigenvalue weighted by atomic mass is 10.1. The summed E-state index contributed by atoms with van der Waals surface area (Å²) in [7, 11) is 0. The fourth-order valence-electron chi connectivity index (χ4n) is 2.37. The molecule has 0 bridgehead atoms. The first-order chi connectivity index (χ1) is 9.66. The Kier molecular flexibility index (Phi) is 3.44. The van der Waals surface area contributed by atoms with Crippen LogP contribution in [0.2, 0.25) is 0 Å². The fraction of sp³-hybridized carbons (Fsp3) is 0.333. The number of aromatic nitrogens is 1. The number of rotatable bonds is 5. The van der Waals surface area contributed by atoms with Gasteiger partial charge in [0.15, 0.2) is 0 Å². The highest BCUT2D eigenvalue weighted by Gasteiger charge is 2.33. The van der Waals surface area contributed by atoms with Gasteiger partial charge in [0.1, 0.15) is 11.4 Å².